The highest BCUT2D eigenvalue weighted by Gasteiger charge is 2.36. The smallest absolute Gasteiger partial charge is 0.186 e. The largest absolute Gasteiger partial charge is 0.457 e. The molecule has 0 amide bonds. The van der Waals surface area contributed by atoms with Crippen molar-refractivity contribution in [1.29, 1.82) is 0 Å². The maximum Gasteiger partial charge on any atom is 0.186 e. The van der Waals surface area contributed by atoms with Crippen LogP contribution < -0.4 is 4.74 Å². The summed E-state index contributed by atoms with van der Waals surface area (Å²) >= 11 is 0. The number of ketones is 2. The van der Waals surface area contributed by atoms with E-state index in [-0.39, 0.29) is 11.6 Å². The van der Waals surface area contributed by atoms with Crippen LogP contribution in [-0.4, -0.2) is 11.6 Å². The van der Waals surface area contributed by atoms with Crippen LogP contribution in [0.3, 0.4) is 0 Å². The van der Waals surface area contributed by atoms with Crippen molar-refractivity contribution in [3.63, 3.8) is 0 Å². The van der Waals surface area contributed by atoms with Gasteiger partial charge in [-0.25, -0.2) is 0 Å². The van der Waals surface area contributed by atoms with Crippen molar-refractivity contribution in [2.45, 2.75) is 25.7 Å². The molecule has 0 saturated carbocycles. The number of hydrogen-bond acceptors (Lipinski definition) is 3. The first kappa shape index (κ1) is 56.3. The Kier molecular flexibility index (Phi) is 16.9. The molecule has 0 spiro atoms. The summed E-state index contributed by atoms with van der Waals surface area (Å²) in [5, 5.41) is 0. The number of ether oxygens (including phenoxy) is 1. The Labute approximate surface area is 521 Å². The molecular weight excluding hydrogens is 1080 g/mol. The van der Waals surface area contributed by atoms with Crippen LogP contribution >= 0.6 is 0 Å². The van der Waals surface area contributed by atoms with Crippen LogP contribution in [-0.2, 0) is 35.3 Å². The summed E-state index contributed by atoms with van der Waals surface area (Å²) in [7, 11) is 0. The van der Waals surface area contributed by atoms with Crippen molar-refractivity contribution in [1.82, 2.24) is 0 Å². The quantitative estimate of drug-likeness (QED) is 0.102. The first-order valence-electron chi connectivity index (χ1n) is 30.0. The Hall–Kier alpha value is -11.8. The maximum atomic E-state index is 15.5. The molecule has 0 fully saturated rings. The normalized spacial score (nSPS) is 12.7. The Morgan fingerprint density at radius 1 is 0.225 bits per heavy atom. The number of carbonyl (C=O) groups is 2. The molecule has 0 bridgehead atoms. The predicted molar refractivity (Wildman–Crippen MR) is 361 cm³/mol. The molecule has 3 heteroatoms. The van der Waals surface area contributed by atoms with Gasteiger partial charge < -0.3 is 4.74 Å². The molecule has 0 heterocycles. The molecule has 2 aliphatic carbocycles. The van der Waals surface area contributed by atoms with E-state index in [4.69, 9.17) is 4.74 Å². The number of benzene rings is 11. The lowest BCUT2D eigenvalue weighted by atomic mass is 9.88. The fourth-order valence-corrected chi connectivity index (χ4v) is 11.7. The molecule has 0 aliphatic heterocycles. The van der Waals surface area contributed by atoms with E-state index in [1.165, 1.54) is 0 Å². The molecule has 11 aromatic rings. The minimum atomic E-state index is 0.0159. The van der Waals surface area contributed by atoms with Crippen LogP contribution in [0, 0.1) is 35.5 Å². The summed E-state index contributed by atoms with van der Waals surface area (Å²) in [5.74, 6) is 21.6. The highest BCUT2D eigenvalue weighted by atomic mass is 16.5. The van der Waals surface area contributed by atoms with Crippen LogP contribution in [0.4, 0.5) is 0 Å². The molecule has 11 aromatic carbocycles. The lowest BCUT2D eigenvalue weighted by Crippen LogP contribution is -2.07. The molecular formula is C86H58O3. The maximum absolute atomic E-state index is 15.5. The second-order valence-corrected chi connectivity index (χ2v) is 22.1. The van der Waals surface area contributed by atoms with Crippen LogP contribution in [0.1, 0.15) is 77.9 Å². The van der Waals surface area contributed by atoms with E-state index in [2.05, 4.69) is 133 Å². The molecule has 3 nitrogen and oxygen atoms in total. The summed E-state index contributed by atoms with van der Waals surface area (Å²) in [6.45, 7) is 0. The number of Topliss-reactive ketones (excluding diaryl/α,β-unsaturated/α-hetero) is 2. The number of rotatable bonds is 14. The standard InChI is InChI=1S/C86H58O3/c87-85-77(57-65-28-14-4-15-29-65)81(71-44-42-64(43-45-71)37-36-61-22-8-1-9-23-61)82(78(85)58-66-30-16-5-17-31-66)72-46-50-75(51-47-72)89-76-52-48-73(49-53-76)83-79(59-67-32-18-6-19-33-67)86(88)80(60-68-34-20-7-21-35-68)84(83)74-55-69(40-38-62-24-10-2-11-25-62)54-70(56-74)41-39-63-26-12-3-13-27-63/h1-35,42-56H,57-60H2. The van der Waals surface area contributed by atoms with Crippen molar-refractivity contribution in [2.75, 3.05) is 0 Å². The molecule has 0 N–H and O–H groups in total. The Morgan fingerprint density at radius 3 is 0.753 bits per heavy atom. The fraction of sp³-hybridized carbons (Fsp3) is 0.0465. The minimum absolute atomic E-state index is 0.0159. The monoisotopic (exact) mass is 1140 g/mol. The van der Waals surface area contributed by atoms with Gasteiger partial charge in [-0.1, -0.05) is 248 Å². The van der Waals surface area contributed by atoms with E-state index >= 15 is 9.59 Å². The highest BCUT2D eigenvalue weighted by Crippen LogP contribution is 2.48. The zero-order valence-corrected chi connectivity index (χ0v) is 48.9. The minimum Gasteiger partial charge on any atom is -0.457 e. The van der Waals surface area contributed by atoms with Gasteiger partial charge in [0.1, 0.15) is 11.5 Å². The molecule has 89 heavy (non-hydrogen) atoms. The second-order valence-electron chi connectivity index (χ2n) is 22.1. The van der Waals surface area contributed by atoms with Crippen molar-refractivity contribution < 1.29 is 14.3 Å². The van der Waals surface area contributed by atoms with Gasteiger partial charge in [0, 0.05) is 81.4 Å². The fourth-order valence-electron chi connectivity index (χ4n) is 11.7. The van der Waals surface area contributed by atoms with E-state index < -0.39 is 0 Å². The lowest BCUT2D eigenvalue weighted by Gasteiger charge is -2.16. The third-order valence-corrected chi connectivity index (χ3v) is 16.0. The third kappa shape index (κ3) is 13.4. The van der Waals surface area contributed by atoms with Gasteiger partial charge >= 0.3 is 0 Å². The molecule has 0 atom stereocenters. The van der Waals surface area contributed by atoms with Gasteiger partial charge in [-0.15, -0.1) is 0 Å². The summed E-state index contributed by atoms with van der Waals surface area (Å²) in [5.41, 5.74) is 19.5. The van der Waals surface area contributed by atoms with Gasteiger partial charge in [-0.3, -0.25) is 9.59 Å². The summed E-state index contributed by atoms with van der Waals surface area (Å²) < 4.78 is 6.72. The first-order valence-corrected chi connectivity index (χ1v) is 30.0. The van der Waals surface area contributed by atoms with E-state index in [0.29, 0.717) is 42.8 Å². The van der Waals surface area contributed by atoms with E-state index in [1.807, 2.05) is 206 Å². The second kappa shape index (κ2) is 26.6. The SMILES string of the molecule is O=C1C(Cc2ccccc2)=C(c2ccc(C#Cc3ccccc3)cc2)C(c2ccc(Oc3ccc(C4=C(Cc5ccccc5)C(=O)C(Cc5ccccc5)=C4c4cc(C#Cc5ccccc5)cc(C#Cc5ccccc5)c4)cc3)cc2)=C1Cc1ccccc1. The van der Waals surface area contributed by atoms with E-state index in [1.54, 1.807) is 0 Å². The van der Waals surface area contributed by atoms with Crippen LogP contribution in [0.5, 0.6) is 11.5 Å². The molecule has 0 radical (unpaired) electrons. The topological polar surface area (TPSA) is 43.4 Å². The van der Waals surface area contributed by atoms with Crippen LogP contribution in [0.15, 0.2) is 326 Å². The zero-order valence-electron chi connectivity index (χ0n) is 48.9. The number of hydrogen-bond donors (Lipinski definition) is 0. The molecule has 0 saturated heterocycles. The van der Waals surface area contributed by atoms with Crippen molar-refractivity contribution in [2.24, 2.45) is 0 Å². The van der Waals surface area contributed by atoms with Gasteiger partial charge in [-0.05, 0) is 158 Å². The van der Waals surface area contributed by atoms with Crippen molar-refractivity contribution in [3.8, 4) is 47.0 Å². The average molecular weight is 1140 g/mol. The summed E-state index contributed by atoms with van der Waals surface area (Å²) in [6.07, 6.45) is 1.82. The molecule has 0 aromatic heterocycles. The molecule has 2 aliphatic rings. The summed E-state index contributed by atoms with van der Waals surface area (Å²) in [6, 6.07) is 102. The lowest BCUT2D eigenvalue weighted by molar-refractivity contribution is -0.112. The van der Waals surface area contributed by atoms with Crippen LogP contribution in [0.2, 0.25) is 0 Å². The third-order valence-electron chi connectivity index (χ3n) is 16.0. The number of carbonyl (C=O) groups excluding carboxylic acids is 2. The van der Waals surface area contributed by atoms with Gasteiger partial charge in [0.05, 0.1) is 0 Å². The molecule has 13 rings (SSSR count). The molecule has 0 unspecified atom stereocenters. The van der Waals surface area contributed by atoms with Crippen LogP contribution in [0.25, 0.3) is 22.3 Å². The molecule has 420 valence electrons. The Balaban J connectivity index is 0.878. The number of allylic oxidation sites excluding steroid dienone is 8. The van der Waals surface area contributed by atoms with Crippen molar-refractivity contribution in [3.05, 3.63) is 403 Å². The van der Waals surface area contributed by atoms with Gasteiger partial charge in [-0.2, -0.15) is 0 Å². The van der Waals surface area contributed by atoms with Gasteiger partial charge in [0.25, 0.3) is 0 Å². The Bertz CT molecular complexity index is 4660. The highest BCUT2D eigenvalue weighted by molar-refractivity contribution is 6.33. The summed E-state index contributed by atoms with van der Waals surface area (Å²) in [4.78, 5) is 30.6. The van der Waals surface area contributed by atoms with Crippen molar-refractivity contribution >= 4 is 33.9 Å². The van der Waals surface area contributed by atoms with E-state index in [0.717, 1.165) is 117 Å². The average Bonchev–Trinajstić information content (AvgIpc) is 1.71. The Morgan fingerprint density at radius 2 is 0.461 bits per heavy atom. The first-order chi connectivity index (χ1) is 43.9. The van der Waals surface area contributed by atoms with Gasteiger partial charge in [0.15, 0.2) is 11.6 Å². The predicted octanol–water partition coefficient (Wildman–Crippen LogP) is 18.2. The van der Waals surface area contributed by atoms with Gasteiger partial charge in [0.2, 0.25) is 0 Å². The van der Waals surface area contributed by atoms with E-state index in [9.17, 15) is 0 Å². The zero-order chi connectivity index (χ0) is 60.1.